The van der Waals surface area contributed by atoms with Crippen LogP contribution in [0.2, 0.25) is 0 Å². The number of aliphatic hydroxyl groups is 2. The molecule has 2 N–H and O–H groups in total. The number of hydrogen-bond acceptors (Lipinski definition) is 3. The number of aliphatic hydroxyl groups excluding tert-OH is 1. The summed E-state index contributed by atoms with van der Waals surface area (Å²) in [7, 11) is 0. The van der Waals surface area contributed by atoms with Crippen molar-refractivity contribution in [2.45, 2.75) is 103 Å². The van der Waals surface area contributed by atoms with E-state index in [0.717, 1.165) is 61.3 Å². The van der Waals surface area contributed by atoms with Gasteiger partial charge in [-0.3, -0.25) is 4.98 Å². The van der Waals surface area contributed by atoms with E-state index in [1.165, 1.54) is 38.5 Å². The molecule has 3 fully saturated rings. The molecule has 0 radical (unpaired) electrons. The van der Waals surface area contributed by atoms with Gasteiger partial charge < -0.3 is 10.2 Å². The van der Waals surface area contributed by atoms with Gasteiger partial charge in [-0.1, -0.05) is 31.9 Å². The van der Waals surface area contributed by atoms with Gasteiger partial charge in [-0.15, -0.1) is 0 Å². The molecule has 0 aromatic carbocycles. The summed E-state index contributed by atoms with van der Waals surface area (Å²) in [4.78, 5) is 4.07. The zero-order valence-electron chi connectivity index (χ0n) is 20.4. The van der Waals surface area contributed by atoms with Gasteiger partial charge in [0.05, 0.1) is 11.7 Å². The van der Waals surface area contributed by atoms with Crippen molar-refractivity contribution in [3.05, 3.63) is 41.7 Å². The highest BCUT2D eigenvalue weighted by atomic mass is 16.3. The minimum Gasteiger partial charge on any atom is -0.390 e. The smallest absolute Gasteiger partial charge is 0.0791 e. The highest BCUT2D eigenvalue weighted by Gasteiger charge is 2.58. The Hall–Kier alpha value is -1.19. The second-order valence-electron chi connectivity index (χ2n) is 12.5. The van der Waals surface area contributed by atoms with Crippen molar-refractivity contribution >= 4 is 0 Å². The lowest BCUT2D eigenvalue weighted by Crippen LogP contribution is -2.51. The van der Waals surface area contributed by atoms with Crippen molar-refractivity contribution in [2.75, 3.05) is 0 Å². The summed E-state index contributed by atoms with van der Waals surface area (Å²) in [6.45, 7) is 7.17. The lowest BCUT2D eigenvalue weighted by atomic mass is 9.46. The van der Waals surface area contributed by atoms with E-state index in [1.807, 2.05) is 19.1 Å². The largest absolute Gasteiger partial charge is 0.390 e. The Balaban J connectivity index is 1.25. The average molecular weight is 438 g/mol. The third-order valence-corrected chi connectivity index (χ3v) is 10.7. The molecule has 0 spiro atoms. The maximum absolute atomic E-state index is 10.7. The van der Waals surface area contributed by atoms with E-state index < -0.39 is 5.60 Å². The molecule has 7 unspecified atom stereocenters. The second-order valence-corrected chi connectivity index (χ2v) is 12.5. The lowest BCUT2D eigenvalue weighted by molar-refractivity contribution is -0.0662. The Morgan fingerprint density at radius 2 is 1.81 bits per heavy atom. The molecule has 1 heterocycles. The first kappa shape index (κ1) is 22.6. The van der Waals surface area contributed by atoms with Crippen LogP contribution in [0.1, 0.15) is 103 Å². The summed E-state index contributed by atoms with van der Waals surface area (Å²) in [5.41, 5.74) is 2.86. The van der Waals surface area contributed by atoms with Gasteiger partial charge in [-0.05, 0) is 123 Å². The first-order valence-corrected chi connectivity index (χ1v) is 13.2. The van der Waals surface area contributed by atoms with Crippen LogP contribution in [0, 0.1) is 34.5 Å². The van der Waals surface area contributed by atoms with Gasteiger partial charge in [0.25, 0.3) is 0 Å². The molecule has 5 rings (SSSR count). The van der Waals surface area contributed by atoms with Crippen molar-refractivity contribution in [2.24, 2.45) is 34.5 Å². The molecule has 1 aromatic rings. The van der Waals surface area contributed by atoms with Crippen molar-refractivity contribution in [3.8, 4) is 0 Å². The molecule has 3 saturated carbocycles. The van der Waals surface area contributed by atoms with Crippen molar-refractivity contribution in [1.82, 2.24) is 4.98 Å². The van der Waals surface area contributed by atoms with E-state index in [0.29, 0.717) is 10.8 Å². The third-order valence-electron chi connectivity index (χ3n) is 10.7. The van der Waals surface area contributed by atoms with Gasteiger partial charge in [0.2, 0.25) is 0 Å². The summed E-state index contributed by atoms with van der Waals surface area (Å²) in [6, 6.07) is 3.88. The van der Waals surface area contributed by atoms with Crippen molar-refractivity contribution < 1.29 is 10.2 Å². The average Bonchev–Trinajstić information content (AvgIpc) is 3.11. The van der Waals surface area contributed by atoms with Crippen molar-refractivity contribution in [1.29, 1.82) is 0 Å². The number of rotatable bonds is 5. The maximum atomic E-state index is 10.7. The fraction of sp³-hybridized carbons (Fsp3) is 0.759. The van der Waals surface area contributed by atoms with Crippen LogP contribution in [0.5, 0.6) is 0 Å². The van der Waals surface area contributed by atoms with Crippen LogP contribution >= 0.6 is 0 Å². The van der Waals surface area contributed by atoms with Gasteiger partial charge >= 0.3 is 0 Å². The van der Waals surface area contributed by atoms with Crippen LogP contribution in [0.4, 0.5) is 0 Å². The highest BCUT2D eigenvalue weighted by Crippen LogP contribution is 2.67. The normalized spacial score (nSPS) is 44.2. The minimum absolute atomic E-state index is 0.319. The summed E-state index contributed by atoms with van der Waals surface area (Å²) in [5, 5.41) is 21.3. The standard InChI is InChI=1S/C29H43NO2/c1-27(32)15-16-29(3)22(19-27)7-9-23-24-10-8-21(28(24,2)14-11-25(23)29)5-4-6-26(31)20-12-17-30-18-13-20/h7,12-13,17-18,21,23-26,31-32H,4-6,8-11,14-16,19H2,1-3H3/t21?,23?,24?,25?,26?,27-,28?,29?/m0/s1. The third kappa shape index (κ3) is 3.78. The summed E-state index contributed by atoms with van der Waals surface area (Å²) in [5.74, 6) is 3.30. The van der Waals surface area contributed by atoms with E-state index in [-0.39, 0.29) is 6.10 Å². The molecule has 8 atom stereocenters. The second kappa shape index (κ2) is 8.24. The molecule has 3 nitrogen and oxygen atoms in total. The Labute approximate surface area is 194 Å². The first-order chi connectivity index (χ1) is 15.2. The van der Waals surface area contributed by atoms with Crippen LogP contribution in [-0.4, -0.2) is 20.8 Å². The molecule has 4 aliphatic rings. The molecular formula is C29H43NO2. The molecular weight excluding hydrogens is 394 g/mol. The summed E-state index contributed by atoms with van der Waals surface area (Å²) in [6.07, 6.45) is 18.7. The Kier molecular flexibility index (Phi) is 5.82. The van der Waals surface area contributed by atoms with Gasteiger partial charge in [-0.2, -0.15) is 0 Å². The number of aromatic nitrogens is 1. The fourth-order valence-corrected chi connectivity index (χ4v) is 8.70. The molecule has 176 valence electrons. The van der Waals surface area contributed by atoms with Crippen LogP contribution in [0.25, 0.3) is 0 Å². The van der Waals surface area contributed by atoms with Crippen LogP contribution in [0.3, 0.4) is 0 Å². The Morgan fingerprint density at radius 3 is 2.59 bits per heavy atom. The topological polar surface area (TPSA) is 53.4 Å². The van der Waals surface area contributed by atoms with E-state index >= 15 is 0 Å². The zero-order chi connectivity index (χ0) is 22.6. The molecule has 32 heavy (non-hydrogen) atoms. The number of fused-ring (bicyclic) bond motifs is 5. The summed E-state index contributed by atoms with van der Waals surface area (Å²) < 4.78 is 0. The van der Waals surface area contributed by atoms with E-state index in [9.17, 15) is 10.2 Å². The summed E-state index contributed by atoms with van der Waals surface area (Å²) >= 11 is 0. The molecule has 0 bridgehead atoms. The quantitative estimate of drug-likeness (QED) is 0.509. The van der Waals surface area contributed by atoms with E-state index in [1.54, 1.807) is 18.0 Å². The van der Waals surface area contributed by atoms with Crippen LogP contribution in [0.15, 0.2) is 36.2 Å². The van der Waals surface area contributed by atoms with E-state index in [4.69, 9.17) is 0 Å². The fourth-order valence-electron chi connectivity index (χ4n) is 8.70. The molecule has 1 aromatic heterocycles. The van der Waals surface area contributed by atoms with E-state index in [2.05, 4.69) is 24.9 Å². The Morgan fingerprint density at radius 1 is 1.03 bits per heavy atom. The molecule has 0 amide bonds. The molecule has 3 heteroatoms. The zero-order valence-corrected chi connectivity index (χ0v) is 20.4. The van der Waals surface area contributed by atoms with Crippen molar-refractivity contribution in [3.63, 3.8) is 0 Å². The lowest BCUT2D eigenvalue weighted by Gasteiger charge is -2.59. The molecule has 4 aliphatic carbocycles. The SMILES string of the molecule is CC12CC[C@](C)(O)CC1=CCC1C2CCC2(C)C(CCCC(O)c3ccncc3)CCC12. The van der Waals surface area contributed by atoms with Crippen LogP contribution < -0.4 is 0 Å². The number of allylic oxidation sites excluding steroid dienone is 1. The number of nitrogens with zero attached hydrogens (tertiary/aromatic N) is 1. The predicted octanol–water partition coefficient (Wildman–Crippen LogP) is 6.62. The maximum Gasteiger partial charge on any atom is 0.0791 e. The van der Waals surface area contributed by atoms with Crippen LogP contribution in [-0.2, 0) is 0 Å². The highest BCUT2D eigenvalue weighted by molar-refractivity contribution is 5.26. The van der Waals surface area contributed by atoms with Gasteiger partial charge in [-0.25, -0.2) is 0 Å². The predicted molar refractivity (Wildman–Crippen MR) is 129 cm³/mol. The first-order valence-electron chi connectivity index (χ1n) is 13.2. The minimum atomic E-state index is -0.499. The number of pyridine rings is 1. The van der Waals surface area contributed by atoms with Gasteiger partial charge in [0.1, 0.15) is 0 Å². The van der Waals surface area contributed by atoms with Gasteiger partial charge in [0.15, 0.2) is 0 Å². The number of hydrogen-bond donors (Lipinski definition) is 2. The monoisotopic (exact) mass is 437 g/mol. The Bertz CT molecular complexity index is 848. The molecule has 0 saturated heterocycles. The van der Waals surface area contributed by atoms with Gasteiger partial charge in [0, 0.05) is 12.4 Å². The molecule has 0 aliphatic heterocycles.